The van der Waals surface area contributed by atoms with Gasteiger partial charge < -0.3 is 0 Å². The standard InChI is InChI=1S/C2H4Cl2O2/c3-1-5-6-2-4/h1-2H2. The largest absolute Gasteiger partial charge is 0.219 e. The number of alkyl halides is 2. The van der Waals surface area contributed by atoms with Crippen molar-refractivity contribution in [1.29, 1.82) is 0 Å². The van der Waals surface area contributed by atoms with Crippen LogP contribution in [-0.2, 0) is 9.78 Å². The molecule has 0 radical (unpaired) electrons. The maximum absolute atomic E-state index is 4.97. The molecule has 0 saturated carbocycles. The van der Waals surface area contributed by atoms with Gasteiger partial charge in [0.2, 0.25) is 0 Å². The van der Waals surface area contributed by atoms with E-state index >= 15 is 0 Å². The smallest absolute Gasteiger partial charge is 0.156 e. The summed E-state index contributed by atoms with van der Waals surface area (Å²) in [6.45, 7) is 0. The van der Waals surface area contributed by atoms with Crippen molar-refractivity contribution >= 4 is 23.2 Å². The second-order valence-corrected chi connectivity index (χ2v) is 0.890. The molecule has 0 bridgehead atoms. The molecule has 0 spiro atoms. The van der Waals surface area contributed by atoms with Crippen molar-refractivity contribution in [3.63, 3.8) is 0 Å². The lowest BCUT2D eigenvalue weighted by Crippen LogP contribution is -1.86. The molecule has 0 unspecified atom stereocenters. The Labute approximate surface area is 45.9 Å². The Hall–Kier alpha value is 0.500. The summed E-state index contributed by atoms with van der Waals surface area (Å²) in [5.74, 6) is 0. The molecule has 6 heavy (non-hydrogen) atoms. The molecule has 0 aliphatic rings. The summed E-state index contributed by atoms with van der Waals surface area (Å²) in [6, 6.07) is 0.0411. The van der Waals surface area contributed by atoms with Gasteiger partial charge in [-0.3, -0.25) is 0 Å². The van der Waals surface area contributed by atoms with Crippen LogP contribution in [0, 0.1) is 0 Å². The zero-order valence-corrected chi connectivity index (χ0v) is 4.50. The van der Waals surface area contributed by atoms with Crippen molar-refractivity contribution in [1.82, 2.24) is 0 Å². The van der Waals surface area contributed by atoms with Gasteiger partial charge in [0.15, 0.2) is 12.1 Å². The van der Waals surface area contributed by atoms with Crippen LogP contribution in [0.4, 0.5) is 0 Å². The first kappa shape index (κ1) is 6.50. The maximum Gasteiger partial charge on any atom is 0.156 e. The SMILES string of the molecule is ClCOOCCl. The molecule has 0 aliphatic carbocycles. The fourth-order valence-corrected chi connectivity index (χ4v) is 0.189. The van der Waals surface area contributed by atoms with Crippen molar-refractivity contribution < 1.29 is 9.78 Å². The summed E-state index contributed by atoms with van der Waals surface area (Å²) in [5, 5.41) is 0. The van der Waals surface area contributed by atoms with Crippen LogP contribution in [0.1, 0.15) is 0 Å². The Kier molecular flexibility index (Phi) is 5.96. The highest BCUT2D eigenvalue weighted by molar-refractivity contribution is 6.17. The third-order valence-electron chi connectivity index (χ3n) is 0.172. The van der Waals surface area contributed by atoms with Gasteiger partial charge in [0, 0.05) is 0 Å². The minimum atomic E-state index is 0.0206. The molecule has 0 aliphatic heterocycles. The predicted octanol–water partition coefficient (Wildman–Crippen LogP) is 1.33. The summed E-state index contributed by atoms with van der Waals surface area (Å²) < 4.78 is 0. The van der Waals surface area contributed by atoms with E-state index < -0.39 is 0 Å². The van der Waals surface area contributed by atoms with Crippen LogP contribution in [-0.4, -0.2) is 12.1 Å². The van der Waals surface area contributed by atoms with Gasteiger partial charge in [-0.2, -0.15) is 0 Å². The van der Waals surface area contributed by atoms with E-state index in [9.17, 15) is 0 Å². The molecule has 0 heterocycles. The summed E-state index contributed by atoms with van der Waals surface area (Å²) in [4.78, 5) is 8.23. The van der Waals surface area contributed by atoms with Crippen LogP contribution in [0.25, 0.3) is 0 Å². The molecule has 38 valence electrons. The Morgan fingerprint density at radius 3 is 1.50 bits per heavy atom. The molecular formula is C2H4Cl2O2. The molecule has 0 atom stereocenters. The van der Waals surface area contributed by atoms with E-state index in [0.717, 1.165) is 0 Å². The molecule has 0 rings (SSSR count). The maximum atomic E-state index is 4.97. The van der Waals surface area contributed by atoms with E-state index in [1.54, 1.807) is 0 Å². The van der Waals surface area contributed by atoms with Gasteiger partial charge in [0.1, 0.15) is 0 Å². The van der Waals surface area contributed by atoms with Crippen LogP contribution in [0.5, 0.6) is 0 Å². The third-order valence-corrected chi connectivity index (χ3v) is 0.351. The van der Waals surface area contributed by atoms with Crippen molar-refractivity contribution in [2.24, 2.45) is 0 Å². The fraction of sp³-hybridized carbons (Fsp3) is 1.00. The van der Waals surface area contributed by atoms with Crippen molar-refractivity contribution in [2.45, 2.75) is 0 Å². The second-order valence-electron chi connectivity index (χ2n) is 0.454. The van der Waals surface area contributed by atoms with Gasteiger partial charge in [-0.05, 0) is 0 Å². The Morgan fingerprint density at radius 2 is 1.33 bits per heavy atom. The van der Waals surface area contributed by atoms with Crippen LogP contribution < -0.4 is 0 Å². The van der Waals surface area contributed by atoms with Gasteiger partial charge in [0.05, 0.1) is 0 Å². The first-order chi connectivity index (χ1) is 2.91. The van der Waals surface area contributed by atoms with Gasteiger partial charge >= 0.3 is 0 Å². The molecule has 0 aromatic rings. The quantitative estimate of drug-likeness (QED) is 0.249. The molecular weight excluding hydrogens is 127 g/mol. The number of halogens is 2. The number of hydrogen-bond acceptors (Lipinski definition) is 2. The van der Waals surface area contributed by atoms with Crippen molar-refractivity contribution in [3.8, 4) is 0 Å². The Bertz CT molecular complexity index is 21.5. The Balaban J connectivity index is 2.34. The molecule has 0 aromatic heterocycles. The van der Waals surface area contributed by atoms with Crippen molar-refractivity contribution in [2.75, 3.05) is 12.1 Å². The van der Waals surface area contributed by atoms with E-state index in [1.807, 2.05) is 0 Å². The van der Waals surface area contributed by atoms with Crippen LogP contribution in [0.3, 0.4) is 0 Å². The highest BCUT2D eigenvalue weighted by atomic mass is 35.5. The topological polar surface area (TPSA) is 18.5 Å². The van der Waals surface area contributed by atoms with E-state index in [1.165, 1.54) is 0 Å². The van der Waals surface area contributed by atoms with Crippen LogP contribution >= 0.6 is 23.2 Å². The summed E-state index contributed by atoms with van der Waals surface area (Å²) in [7, 11) is 0. The molecule has 2 nitrogen and oxygen atoms in total. The lowest BCUT2D eigenvalue weighted by molar-refractivity contribution is -0.265. The average Bonchev–Trinajstić information content (AvgIpc) is 1.61. The summed E-state index contributed by atoms with van der Waals surface area (Å²) >= 11 is 9.95. The van der Waals surface area contributed by atoms with E-state index in [4.69, 9.17) is 23.2 Å². The molecule has 4 heteroatoms. The summed E-state index contributed by atoms with van der Waals surface area (Å²) in [6.07, 6.45) is 0. The Morgan fingerprint density at radius 1 is 1.00 bits per heavy atom. The normalized spacial score (nSPS) is 9.00. The van der Waals surface area contributed by atoms with Crippen LogP contribution in [0.15, 0.2) is 0 Å². The van der Waals surface area contributed by atoms with Crippen molar-refractivity contribution in [3.05, 3.63) is 0 Å². The third kappa shape index (κ3) is 4.50. The van der Waals surface area contributed by atoms with Gasteiger partial charge in [-0.25, -0.2) is 9.78 Å². The highest BCUT2D eigenvalue weighted by Crippen LogP contribution is 1.82. The molecule has 0 amide bonds. The summed E-state index contributed by atoms with van der Waals surface area (Å²) in [5.41, 5.74) is 0. The van der Waals surface area contributed by atoms with E-state index in [-0.39, 0.29) is 12.1 Å². The first-order valence-corrected chi connectivity index (χ1v) is 2.35. The molecule has 0 fully saturated rings. The number of hydrogen-bond donors (Lipinski definition) is 0. The van der Waals surface area contributed by atoms with Gasteiger partial charge in [0.25, 0.3) is 0 Å². The monoisotopic (exact) mass is 130 g/mol. The average molecular weight is 131 g/mol. The first-order valence-electron chi connectivity index (χ1n) is 1.28. The van der Waals surface area contributed by atoms with Crippen LogP contribution in [0.2, 0.25) is 0 Å². The minimum Gasteiger partial charge on any atom is -0.219 e. The van der Waals surface area contributed by atoms with E-state index in [0.29, 0.717) is 0 Å². The molecule has 0 N–H and O–H groups in total. The predicted molar refractivity (Wildman–Crippen MR) is 23.6 cm³/mol. The van der Waals surface area contributed by atoms with E-state index in [2.05, 4.69) is 9.78 Å². The zero-order chi connectivity index (χ0) is 4.83. The molecule has 0 aromatic carbocycles. The fourth-order valence-electron chi connectivity index (χ4n) is 0.0630. The second kappa shape index (κ2) is 5.50. The lowest BCUT2D eigenvalue weighted by atomic mass is 11.7. The number of rotatable bonds is 3. The zero-order valence-electron chi connectivity index (χ0n) is 2.99. The lowest BCUT2D eigenvalue weighted by Gasteiger charge is -1.89. The molecule has 0 saturated heterocycles. The van der Waals surface area contributed by atoms with Gasteiger partial charge in [-0.15, -0.1) is 0 Å². The highest BCUT2D eigenvalue weighted by Gasteiger charge is 1.74. The minimum absolute atomic E-state index is 0.0206. The van der Waals surface area contributed by atoms with Gasteiger partial charge in [-0.1, -0.05) is 23.2 Å².